The Labute approximate surface area is 176 Å². The maximum Gasteiger partial charge on any atom is 0.331 e. The van der Waals surface area contributed by atoms with Crippen LogP contribution >= 0.6 is 0 Å². The largest absolute Gasteiger partial charge is 0.493 e. The zero-order chi connectivity index (χ0) is 21.8. The summed E-state index contributed by atoms with van der Waals surface area (Å²) in [5, 5.41) is 8.83. The molecule has 0 radical (unpaired) electrons. The highest BCUT2D eigenvalue weighted by Crippen LogP contribution is 2.28. The van der Waals surface area contributed by atoms with Gasteiger partial charge >= 0.3 is 5.97 Å². The molecular weight excluding hydrogens is 384 g/mol. The monoisotopic (exact) mass is 408 g/mol. The van der Waals surface area contributed by atoms with Crippen molar-refractivity contribution in [3.05, 3.63) is 60.2 Å². The van der Waals surface area contributed by atoms with Crippen LogP contribution in [0.5, 0.6) is 11.5 Å². The molecule has 0 aromatic heterocycles. The van der Waals surface area contributed by atoms with Crippen molar-refractivity contribution in [1.29, 1.82) is 5.26 Å². The van der Waals surface area contributed by atoms with E-state index in [-0.39, 0.29) is 13.0 Å². The number of ether oxygens (including phenoxy) is 3. The van der Waals surface area contributed by atoms with E-state index in [1.165, 1.54) is 18.1 Å². The predicted molar refractivity (Wildman–Crippen MR) is 113 cm³/mol. The molecular formula is C23H24N2O5. The Morgan fingerprint density at radius 2 is 1.90 bits per heavy atom. The first-order chi connectivity index (χ1) is 14.6. The number of benzene rings is 2. The quantitative estimate of drug-likeness (QED) is 0.441. The molecule has 1 amide bonds. The van der Waals surface area contributed by atoms with Gasteiger partial charge in [0.1, 0.15) is 0 Å². The van der Waals surface area contributed by atoms with Crippen LogP contribution in [0.2, 0.25) is 0 Å². The smallest absolute Gasteiger partial charge is 0.331 e. The summed E-state index contributed by atoms with van der Waals surface area (Å²) >= 11 is 0. The van der Waals surface area contributed by atoms with Gasteiger partial charge in [0, 0.05) is 18.3 Å². The van der Waals surface area contributed by atoms with Crippen molar-refractivity contribution >= 4 is 23.6 Å². The molecule has 0 aliphatic heterocycles. The Balaban J connectivity index is 1.97. The van der Waals surface area contributed by atoms with Crippen molar-refractivity contribution in [3.8, 4) is 17.6 Å². The van der Waals surface area contributed by atoms with Crippen LogP contribution in [0.25, 0.3) is 6.08 Å². The number of amides is 1. The fourth-order valence-electron chi connectivity index (χ4n) is 2.65. The number of carbonyl (C=O) groups is 2. The van der Waals surface area contributed by atoms with Gasteiger partial charge in [-0.25, -0.2) is 4.79 Å². The maximum atomic E-state index is 12.5. The predicted octanol–water partition coefficient (Wildman–Crippen LogP) is 3.60. The number of hydrogen-bond acceptors (Lipinski definition) is 6. The molecule has 2 aromatic carbocycles. The first kappa shape index (κ1) is 22.5. The van der Waals surface area contributed by atoms with E-state index in [9.17, 15) is 9.59 Å². The van der Waals surface area contributed by atoms with Crippen LogP contribution < -0.4 is 14.4 Å². The molecule has 0 fully saturated rings. The lowest BCUT2D eigenvalue weighted by Crippen LogP contribution is -2.35. The fourth-order valence-corrected chi connectivity index (χ4v) is 2.65. The van der Waals surface area contributed by atoms with Crippen LogP contribution in [-0.4, -0.2) is 38.7 Å². The molecule has 156 valence electrons. The van der Waals surface area contributed by atoms with Crippen molar-refractivity contribution in [2.75, 3.05) is 31.8 Å². The van der Waals surface area contributed by atoms with Crippen LogP contribution in [-0.2, 0) is 14.3 Å². The van der Waals surface area contributed by atoms with Gasteiger partial charge in [-0.15, -0.1) is 0 Å². The minimum Gasteiger partial charge on any atom is -0.493 e. The van der Waals surface area contributed by atoms with Gasteiger partial charge in [-0.3, -0.25) is 4.79 Å². The minimum atomic E-state index is -0.649. The molecule has 0 atom stereocenters. The summed E-state index contributed by atoms with van der Waals surface area (Å²) in [6.45, 7) is 2.19. The first-order valence-electron chi connectivity index (χ1n) is 9.47. The number of carbonyl (C=O) groups excluding carboxylic acids is 2. The summed E-state index contributed by atoms with van der Waals surface area (Å²) in [7, 11) is 1.54. The summed E-state index contributed by atoms with van der Waals surface area (Å²) in [6.07, 6.45) is 2.98. The number of nitrogens with zero attached hydrogens (tertiary/aromatic N) is 2. The van der Waals surface area contributed by atoms with Crippen molar-refractivity contribution in [1.82, 2.24) is 0 Å². The zero-order valence-electron chi connectivity index (χ0n) is 17.0. The molecule has 2 rings (SSSR count). The molecule has 0 aliphatic rings. The molecule has 0 bridgehead atoms. The highest BCUT2D eigenvalue weighted by Gasteiger charge is 2.16. The third-order valence-electron chi connectivity index (χ3n) is 4.05. The van der Waals surface area contributed by atoms with Crippen molar-refractivity contribution in [3.63, 3.8) is 0 Å². The Bertz CT molecular complexity index is 919. The van der Waals surface area contributed by atoms with Crippen LogP contribution in [0.3, 0.4) is 0 Å². The van der Waals surface area contributed by atoms with Gasteiger partial charge in [0.25, 0.3) is 5.91 Å². The van der Waals surface area contributed by atoms with Gasteiger partial charge in [0.05, 0.1) is 26.2 Å². The average molecular weight is 408 g/mol. The molecule has 0 N–H and O–H groups in total. The number of methoxy groups -OCH3 is 1. The van der Waals surface area contributed by atoms with Gasteiger partial charge in [0.15, 0.2) is 18.1 Å². The molecule has 0 saturated carbocycles. The lowest BCUT2D eigenvalue weighted by molar-refractivity contribution is -0.142. The lowest BCUT2D eigenvalue weighted by Gasteiger charge is -2.21. The molecule has 2 aromatic rings. The Hall–Kier alpha value is -3.79. The standard InChI is InChI=1S/C23H24N2O5/c1-3-29-20-12-10-18(16-21(20)28-2)11-13-23(27)30-17-22(26)25(15-7-14-24)19-8-5-4-6-9-19/h4-6,8-13,16H,3,7,15,17H2,1-2H3/b13-11+. The number of nitriles is 1. The lowest BCUT2D eigenvalue weighted by atomic mass is 10.2. The van der Waals surface area contributed by atoms with Gasteiger partial charge in [-0.1, -0.05) is 24.3 Å². The van der Waals surface area contributed by atoms with E-state index in [4.69, 9.17) is 19.5 Å². The average Bonchev–Trinajstić information content (AvgIpc) is 2.78. The van der Waals surface area contributed by atoms with Crippen LogP contribution in [0.1, 0.15) is 18.9 Å². The molecule has 7 heteroatoms. The van der Waals surface area contributed by atoms with Gasteiger partial charge in [-0.05, 0) is 42.8 Å². The summed E-state index contributed by atoms with van der Waals surface area (Å²) in [5.41, 5.74) is 1.37. The Morgan fingerprint density at radius 3 is 2.57 bits per heavy atom. The third-order valence-corrected chi connectivity index (χ3v) is 4.05. The van der Waals surface area contributed by atoms with E-state index < -0.39 is 18.5 Å². The molecule has 0 unspecified atom stereocenters. The highest BCUT2D eigenvalue weighted by atomic mass is 16.5. The molecule has 0 spiro atoms. The van der Waals surface area contributed by atoms with E-state index in [1.807, 2.05) is 19.1 Å². The van der Waals surface area contributed by atoms with Crippen LogP contribution in [0, 0.1) is 11.3 Å². The summed E-state index contributed by atoms with van der Waals surface area (Å²) in [6, 6.07) is 16.2. The Morgan fingerprint density at radius 1 is 1.13 bits per heavy atom. The van der Waals surface area contributed by atoms with E-state index in [1.54, 1.807) is 48.5 Å². The number of hydrogen-bond donors (Lipinski definition) is 0. The normalized spacial score (nSPS) is 10.3. The molecule has 0 saturated heterocycles. The van der Waals surface area contributed by atoms with Crippen LogP contribution in [0.4, 0.5) is 5.69 Å². The van der Waals surface area contributed by atoms with Crippen LogP contribution in [0.15, 0.2) is 54.6 Å². The van der Waals surface area contributed by atoms with Crippen molar-refractivity contribution in [2.24, 2.45) is 0 Å². The molecule has 30 heavy (non-hydrogen) atoms. The van der Waals surface area contributed by atoms with Crippen molar-refractivity contribution in [2.45, 2.75) is 13.3 Å². The summed E-state index contributed by atoms with van der Waals surface area (Å²) in [5.74, 6) is 0.118. The second-order valence-corrected chi connectivity index (χ2v) is 6.07. The zero-order valence-corrected chi connectivity index (χ0v) is 17.0. The van der Waals surface area contributed by atoms with Gasteiger partial charge in [0.2, 0.25) is 0 Å². The third kappa shape index (κ3) is 6.67. The summed E-state index contributed by atoms with van der Waals surface area (Å²) < 4.78 is 15.8. The SMILES string of the molecule is CCOc1ccc(/C=C/C(=O)OCC(=O)N(CCC#N)c2ccccc2)cc1OC. The second kappa shape index (κ2) is 11.9. The molecule has 0 aliphatic carbocycles. The summed E-state index contributed by atoms with van der Waals surface area (Å²) in [4.78, 5) is 26.0. The second-order valence-electron chi connectivity index (χ2n) is 6.07. The highest BCUT2D eigenvalue weighted by molar-refractivity contribution is 5.96. The Kier molecular flexibility index (Phi) is 8.94. The maximum absolute atomic E-state index is 12.5. The number of para-hydroxylation sites is 1. The fraction of sp³-hybridized carbons (Fsp3) is 0.261. The van der Waals surface area contributed by atoms with Gasteiger partial charge < -0.3 is 19.1 Å². The van der Waals surface area contributed by atoms with Gasteiger partial charge in [-0.2, -0.15) is 5.26 Å². The first-order valence-corrected chi connectivity index (χ1v) is 9.47. The molecule has 7 nitrogen and oxygen atoms in total. The van der Waals surface area contributed by atoms with E-state index in [0.717, 1.165) is 5.56 Å². The van der Waals surface area contributed by atoms with E-state index in [2.05, 4.69) is 0 Å². The minimum absolute atomic E-state index is 0.175. The molecule has 0 heterocycles. The van der Waals surface area contributed by atoms with Crippen molar-refractivity contribution < 1.29 is 23.8 Å². The number of esters is 1. The topological polar surface area (TPSA) is 88.9 Å². The number of rotatable bonds is 10. The van der Waals surface area contributed by atoms with E-state index in [0.29, 0.717) is 23.8 Å². The van der Waals surface area contributed by atoms with E-state index >= 15 is 0 Å². The number of anilines is 1.